The van der Waals surface area contributed by atoms with Crippen LogP contribution in [0.1, 0.15) is 5.56 Å². The first kappa shape index (κ1) is 14.4. The molecule has 106 valence electrons. The van der Waals surface area contributed by atoms with Gasteiger partial charge in [0.15, 0.2) is 0 Å². The smallest absolute Gasteiger partial charge is 0.357 e. The minimum atomic E-state index is -4.43. The quantitative estimate of drug-likeness (QED) is 0.902. The van der Waals surface area contributed by atoms with Crippen LogP contribution in [-0.2, 0) is 6.18 Å². The summed E-state index contributed by atoms with van der Waals surface area (Å²) in [6, 6.07) is 4.57. The molecule has 0 atom stereocenters. The lowest BCUT2D eigenvalue weighted by Crippen LogP contribution is -2.06. The van der Waals surface area contributed by atoms with Crippen molar-refractivity contribution in [3.8, 4) is 0 Å². The van der Waals surface area contributed by atoms with E-state index in [-0.39, 0.29) is 10.7 Å². The molecule has 1 aromatic heterocycles. The summed E-state index contributed by atoms with van der Waals surface area (Å²) >= 11 is 5.88. The molecule has 20 heavy (non-hydrogen) atoms. The van der Waals surface area contributed by atoms with Gasteiger partial charge in [-0.05, 0) is 24.3 Å². The zero-order valence-corrected chi connectivity index (χ0v) is 11.0. The van der Waals surface area contributed by atoms with E-state index in [2.05, 4.69) is 20.6 Å². The zero-order chi connectivity index (χ0) is 14.8. The SMILES string of the molecule is CNc1nccc(Nc2cc(C(F)(F)F)ccc2Cl)n1. The molecule has 0 saturated carbocycles. The van der Waals surface area contributed by atoms with Crippen LogP contribution in [0.25, 0.3) is 0 Å². The topological polar surface area (TPSA) is 49.8 Å². The highest BCUT2D eigenvalue weighted by molar-refractivity contribution is 6.33. The number of hydrogen-bond donors (Lipinski definition) is 2. The van der Waals surface area contributed by atoms with Crippen molar-refractivity contribution in [2.45, 2.75) is 6.18 Å². The number of hydrogen-bond acceptors (Lipinski definition) is 4. The Morgan fingerprint density at radius 2 is 1.95 bits per heavy atom. The predicted octanol–water partition coefficient (Wildman–Crippen LogP) is 3.93. The van der Waals surface area contributed by atoms with Gasteiger partial charge in [-0.25, -0.2) is 4.98 Å². The number of halogens is 4. The molecule has 2 aromatic rings. The molecule has 2 rings (SSSR count). The van der Waals surface area contributed by atoms with E-state index in [0.717, 1.165) is 12.1 Å². The molecular weight excluding hydrogens is 293 g/mol. The van der Waals surface area contributed by atoms with E-state index in [1.54, 1.807) is 7.05 Å². The van der Waals surface area contributed by atoms with E-state index in [1.807, 2.05) is 0 Å². The van der Waals surface area contributed by atoms with Gasteiger partial charge in [-0.15, -0.1) is 0 Å². The molecule has 0 saturated heterocycles. The van der Waals surface area contributed by atoms with Crippen molar-refractivity contribution in [1.82, 2.24) is 9.97 Å². The summed E-state index contributed by atoms with van der Waals surface area (Å²) in [4.78, 5) is 7.95. The number of nitrogens with one attached hydrogen (secondary N) is 2. The molecule has 0 amide bonds. The molecule has 0 bridgehead atoms. The van der Waals surface area contributed by atoms with Crippen molar-refractivity contribution in [2.75, 3.05) is 17.7 Å². The van der Waals surface area contributed by atoms with E-state index < -0.39 is 11.7 Å². The Balaban J connectivity index is 2.32. The second kappa shape index (κ2) is 5.54. The van der Waals surface area contributed by atoms with Gasteiger partial charge < -0.3 is 10.6 Å². The van der Waals surface area contributed by atoms with Crippen LogP contribution in [0, 0.1) is 0 Å². The second-order valence-electron chi connectivity index (χ2n) is 3.83. The van der Waals surface area contributed by atoms with Gasteiger partial charge in [0.2, 0.25) is 5.95 Å². The van der Waals surface area contributed by atoms with Crippen LogP contribution >= 0.6 is 11.6 Å². The molecular formula is C12H10ClF3N4. The van der Waals surface area contributed by atoms with Crippen LogP contribution in [0.3, 0.4) is 0 Å². The highest BCUT2D eigenvalue weighted by atomic mass is 35.5. The van der Waals surface area contributed by atoms with Gasteiger partial charge in [-0.2, -0.15) is 18.2 Å². The number of rotatable bonds is 3. The summed E-state index contributed by atoms with van der Waals surface area (Å²) in [6.45, 7) is 0. The second-order valence-corrected chi connectivity index (χ2v) is 4.24. The molecule has 0 unspecified atom stereocenters. The van der Waals surface area contributed by atoms with Gasteiger partial charge in [0, 0.05) is 13.2 Å². The van der Waals surface area contributed by atoms with E-state index >= 15 is 0 Å². The van der Waals surface area contributed by atoms with Crippen LogP contribution < -0.4 is 10.6 Å². The fourth-order valence-electron chi connectivity index (χ4n) is 1.48. The first-order valence-electron chi connectivity index (χ1n) is 5.54. The minimum absolute atomic E-state index is 0.127. The van der Waals surface area contributed by atoms with E-state index in [4.69, 9.17) is 11.6 Å². The third-order valence-electron chi connectivity index (χ3n) is 2.44. The Morgan fingerprint density at radius 3 is 2.60 bits per heavy atom. The zero-order valence-electron chi connectivity index (χ0n) is 10.3. The molecule has 2 N–H and O–H groups in total. The third-order valence-corrected chi connectivity index (χ3v) is 2.77. The highest BCUT2D eigenvalue weighted by Gasteiger charge is 2.31. The number of anilines is 3. The maximum Gasteiger partial charge on any atom is 0.416 e. The Labute approximate surface area is 118 Å². The lowest BCUT2D eigenvalue weighted by atomic mass is 10.2. The molecule has 8 heteroatoms. The average molecular weight is 303 g/mol. The van der Waals surface area contributed by atoms with Gasteiger partial charge in [0.25, 0.3) is 0 Å². The average Bonchev–Trinajstić information content (AvgIpc) is 2.40. The Kier molecular flexibility index (Phi) is 3.99. The molecule has 4 nitrogen and oxygen atoms in total. The van der Waals surface area contributed by atoms with E-state index in [0.29, 0.717) is 11.8 Å². The largest absolute Gasteiger partial charge is 0.416 e. The fourth-order valence-corrected chi connectivity index (χ4v) is 1.65. The molecule has 0 fully saturated rings. The maximum atomic E-state index is 12.7. The van der Waals surface area contributed by atoms with E-state index in [1.165, 1.54) is 18.3 Å². The van der Waals surface area contributed by atoms with Crippen molar-refractivity contribution >= 4 is 29.1 Å². The van der Waals surface area contributed by atoms with Gasteiger partial charge in [-0.3, -0.25) is 0 Å². The Bertz CT molecular complexity index is 616. The number of nitrogens with zero attached hydrogens (tertiary/aromatic N) is 2. The van der Waals surface area contributed by atoms with Crippen molar-refractivity contribution in [1.29, 1.82) is 0 Å². The number of aromatic nitrogens is 2. The van der Waals surface area contributed by atoms with Gasteiger partial charge in [0.05, 0.1) is 16.3 Å². The molecule has 0 radical (unpaired) electrons. The normalized spacial score (nSPS) is 11.2. The van der Waals surface area contributed by atoms with Crippen molar-refractivity contribution in [3.05, 3.63) is 41.0 Å². The Morgan fingerprint density at radius 1 is 1.20 bits per heavy atom. The van der Waals surface area contributed by atoms with Crippen LogP contribution in [0.15, 0.2) is 30.5 Å². The van der Waals surface area contributed by atoms with Crippen LogP contribution in [0.5, 0.6) is 0 Å². The van der Waals surface area contributed by atoms with Gasteiger partial charge >= 0.3 is 6.18 Å². The summed E-state index contributed by atoms with van der Waals surface area (Å²) in [7, 11) is 1.64. The maximum absolute atomic E-state index is 12.7. The summed E-state index contributed by atoms with van der Waals surface area (Å²) in [6.07, 6.45) is -2.95. The Hall–Kier alpha value is -2.02. The molecule has 0 spiro atoms. The summed E-state index contributed by atoms with van der Waals surface area (Å²) in [5.41, 5.74) is -0.658. The van der Waals surface area contributed by atoms with Crippen LogP contribution in [0.2, 0.25) is 5.02 Å². The molecule has 1 aromatic carbocycles. The molecule has 0 aliphatic heterocycles. The first-order valence-corrected chi connectivity index (χ1v) is 5.92. The van der Waals surface area contributed by atoms with Crippen molar-refractivity contribution in [3.63, 3.8) is 0 Å². The highest BCUT2D eigenvalue weighted by Crippen LogP contribution is 2.34. The van der Waals surface area contributed by atoms with Crippen LogP contribution in [-0.4, -0.2) is 17.0 Å². The fraction of sp³-hybridized carbons (Fsp3) is 0.167. The number of benzene rings is 1. The van der Waals surface area contributed by atoms with E-state index in [9.17, 15) is 13.2 Å². The predicted molar refractivity (Wildman–Crippen MR) is 71.3 cm³/mol. The van der Waals surface area contributed by atoms with Crippen molar-refractivity contribution in [2.24, 2.45) is 0 Å². The summed E-state index contributed by atoms with van der Waals surface area (Å²) in [5, 5.41) is 5.63. The molecule has 1 heterocycles. The summed E-state index contributed by atoms with van der Waals surface area (Å²) in [5.74, 6) is 0.684. The third kappa shape index (κ3) is 3.30. The first-order chi connectivity index (χ1) is 9.40. The van der Waals surface area contributed by atoms with Gasteiger partial charge in [-0.1, -0.05) is 11.6 Å². The lowest BCUT2D eigenvalue weighted by Gasteiger charge is -2.12. The standard InChI is InChI=1S/C12H10ClF3N4/c1-17-11-18-5-4-10(20-11)19-9-6-7(12(14,15)16)2-3-8(9)13/h2-6H,1H3,(H2,17,18,19,20). The monoisotopic (exact) mass is 302 g/mol. The molecule has 0 aliphatic carbocycles. The van der Waals surface area contributed by atoms with Crippen molar-refractivity contribution < 1.29 is 13.2 Å². The lowest BCUT2D eigenvalue weighted by molar-refractivity contribution is -0.137. The van der Waals surface area contributed by atoms with Gasteiger partial charge in [0.1, 0.15) is 5.82 Å². The number of alkyl halides is 3. The minimum Gasteiger partial charge on any atom is -0.357 e. The summed E-state index contributed by atoms with van der Waals surface area (Å²) < 4.78 is 38.0. The van der Waals surface area contributed by atoms with Crippen LogP contribution in [0.4, 0.5) is 30.6 Å². The molecule has 0 aliphatic rings.